The Morgan fingerprint density at radius 2 is 1.62 bits per heavy atom. The fourth-order valence-corrected chi connectivity index (χ4v) is 2.26. The highest BCUT2D eigenvalue weighted by atomic mass is 19.4. The third-order valence-electron chi connectivity index (χ3n) is 3.60. The van der Waals surface area contributed by atoms with E-state index in [1.165, 1.54) is 12.3 Å². The highest BCUT2D eigenvalue weighted by Gasteiger charge is 2.43. The fourth-order valence-electron chi connectivity index (χ4n) is 2.26. The molecule has 0 spiro atoms. The number of halogens is 3. The molecule has 1 aliphatic carbocycles. The Morgan fingerprint density at radius 3 is 2.12 bits per heavy atom. The van der Waals surface area contributed by atoms with Crippen molar-refractivity contribution in [1.29, 1.82) is 5.26 Å². The molecule has 0 aliphatic heterocycles. The lowest BCUT2D eigenvalue weighted by Crippen LogP contribution is -2.29. The zero-order valence-electron chi connectivity index (χ0n) is 14.4. The number of benzene rings is 1. The molecule has 0 aromatic heterocycles. The van der Waals surface area contributed by atoms with Crippen LogP contribution >= 0.6 is 0 Å². The van der Waals surface area contributed by atoms with E-state index in [-0.39, 0.29) is 11.1 Å². The molecule has 134 valence electrons. The topological polar surface area (TPSA) is 65.6 Å². The molecule has 0 saturated carbocycles. The number of hydrogen-bond acceptors (Lipinski definition) is 4. The first kappa shape index (κ1) is 19.3. The van der Waals surface area contributed by atoms with Crippen LogP contribution in [0, 0.1) is 16.7 Å². The second kappa shape index (κ2) is 7.08. The van der Waals surface area contributed by atoms with Gasteiger partial charge < -0.3 is 0 Å². The van der Waals surface area contributed by atoms with Gasteiger partial charge in [0, 0.05) is 5.57 Å². The summed E-state index contributed by atoms with van der Waals surface area (Å²) in [5, 5.41) is 16.4. The summed E-state index contributed by atoms with van der Waals surface area (Å²) >= 11 is 0. The quantitative estimate of drug-likeness (QED) is 0.648. The molecule has 0 fully saturated rings. The Labute approximate surface area is 149 Å². The summed E-state index contributed by atoms with van der Waals surface area (Å²) in [4.78, 5) is 12.2. The van der Waals surface area contributed by atoms with E-state index in [2.05, 4.69) is 10.2 Å². The average molecular weight is 359 g/mol. The van der Waals surface area contributed by atoms with Crippen LogP contribution in [0.1, 0.15) is 26.3 Å². The number of Topliss-reactive ketones (excluding diaryl/α,β-unsaturated/α-hetero) is 1. The van der Waals surface area contributed by atoms with Crippen LogP contribution < -0.4 is 0 Å². The predicted octanol–water partition coefficient (Wildman–Crippen LogP) is 5.57. The molecule has 0 amide bonds. The van der Waals surface area contributed by atoms with Crippen molar-refractivity contribution in [2.24, 2.45) is 15.6 Å². The molecule has 0 radical (unpaired) electrons. The Hall–Kier alpha value is -3.01. The summed E-state index contributed by atoms with van der Waals surface area (Å²) in [6, 6.07) is 8.21. The minimum atomic E-state index is -4.74. The SMILES string of the molecule is CC(C)(C)C1=C/C(=C/N=Nc2ccc(C#N)cc2)C=C(C(F)(F)F)C1=O. The van der Waals surface area contributed by atoms with E-state index in [1.54, 1.807) is 45.0 Å². The van der Waals surface area contributed by atoms with Gasteiger partial charge in [0.1, 0.15) is 5.57 Å². The molecule has 0 atom stereocenters. The Balaban J connectivity index is 2.37. The predicted molar refractivity (Wildman–Crippen MR) is 90.4 cm³/mol. The molecule has 0 unspecified atom stereocenters. The third-order valence-corrected chi connectivity index (χ3v) is 3.60. The lowest BCUT2D eigenvalue weighted by atomic mass is 9.78. The lowest BCUT2D eigenvalue weighted by Gasteiger charge is -2.26. The molecule has 7 heteroatoms. The average Bonchev–Trinajstić information content (AvgIpc) is 2.54. The summed E-state index contributed by atoms with van der Waals surface area (Å²) in [6.45, 7) is 5.02. The smallest absolute Gasteiger partial charge is 0.289 e. The van der Waals surface area contributed by atoms with E-state index >= 15 is 0 Å². The van der Waals surface area contributed by atoms with Gasteiger partial charge in [-0.15, -0.1) is 0 Å². The van der Waals surface area contributed by atoms with Crippen LogP contribution in [0.15, 0.2) is 69.6 Å². The van der Waals surface area contributed by atoms with Gasteiger partial charge in [0.15, 0.2) is 5.78 Å². The van der Waals surface area contributed by atoms with Crippen LogP contribution in [0.3, 0.4) is 0 Å². The summed E-state index contributed by atoms with van der Waals surface area (Å²) in [5.41, 5.74) is -0.849. The number of carbonyl (C=O) groups is 1. The lowest BCUT2D eigenvalue weighted by molar-refractivity contribution is -0.126. The zero-order chi connectivity index (χ0) is 19.5. The van der Waals surface area contributed by atoms with Crippen molar-refractivity contribution in [1.82, 2.24) is 0 Å². The fraction of sp³-hybridized carbons (Fsp3) is 0.263. The largest absolute Gasteiger partial charge is 0.420 e. The van der Waals surface area contributed by atoms with Gasteiger partial charge in [-0.05, 0) is 47.4 Å². The number of carbonyl (C=O) groups excluding carboxylic acids is 1. The molecule has 0 saturated heterocycles. The summed E-state index contributed by atoms with van der Waals surface area (Å²) in [7, 11) is 0. The molecule has 4 nitrogen and oxygen atoms in total. The number of rotatable bonds is 2. The molecular formula is C19H16F3N3O. The number of nitriles is 1. The maximum atomic E-state index is 13.2. The van der Waals surface area contributed by atoms with Crippen LogP contribution in [0.5, 0.6) is 0 Å². The van der Waals surface area contributed by atoms with E-state index in [4.69, 9.17) is 5.26 Å². The first-order chi connectivity index (χ1) is 12.0. The van der Waals surface area contributed by atoms with Gasteiger partial charge in [0.2, 0.25) is 0 Å². The first-order valence-corrected chi connectivity index (χ1v) is 7.69. The Morgan fingerprint density at radius 1 is 1.04 bits per heavy atom. The van der Waals surface area contributed by atoms with Crippen LogP contribution in [0.2, 0.25) is 0 Å². The zero-order valence-corrected chi connectivity index (χ0v) is 14.4. The monoisotopic (exact) mass is 359 g/mol. The number of allylic oxidation sites excluding steroid dienone is 5. The Kier molecular flexibility index (Phi) is 5.26. The van der Waals surface area contributed by atoms with Crippen LogP contribution in [-0.2, 0) is 4.79 Å². The third kappa shape index (κ3) is 4.54. The van der Waals surface area contributed by atoms with Crippen molar-refractivity contribution in [2.45, 2.75) is 26.9 Å². The van der Waals surface area contributed by atoms with Gasteiger partial charge in [0.25, 0.3) is 0 Å². The number of nitrogens with zero attached hydrogens (tertiary/aromatic N) is 3. The number of ketones is 1. The highest BCUT2D eigenvalue weighted by molar-refractivity contribution is 6.11. The first-order valence-electron chi connectivity index (χ1n) is 7.69. The van der Waals surface area contributed by atoms with Crippen molar-refractivity contribution < 1.29 is 18.0 Å². The van der Waals surface area contributed by atoms with Crippen LogP contribution in [-0.4, -0.2) is 12.0 Å². The molecule has 1 aromatic rings. The minimum absolute atomic E-state index is 0.0622. The molecule has 1 aromatic carbocycles. The maximum absolute atomic E-state index is 13.2. The van der Waals surface area contributed by atoms with E-state index in [1.807, 2.05) is 6.07 Å². The van der Waals surface area contributed by atoms with E-state index in [9.17, 15) is 18.0 Å². The second-order valence-corrected chi connectivity index (χ2v) is 6.70. The van der Waals surface area contributed by atoms with Gasteiger partial charge in [-0.25, -0.2) is 0 Å². The minimum Gasteiger partial charge on any atom is -0.289 e. The number of azo groups is 1. The molecule has 26 heavy (non-hydrogen) atoms. The van der Waals surface area contributed by atoms with Crippen molar-refractivity contribution in [3.63, 3.8) is 0 Å². The van der Waals surface area contributed by atoms with Gasteiger partial charge in [-0.3, -0.25) is 4.79 Å². The standard InChI is InChI=1S/C19H16F3N3O/c1-18(2,3)15-8-13(9-16(17(15)26)19(20,21)22)11-24-25-14-6-4-12(10-23)5-7-14/h4-9,11H,1-3H3/b13-11-,25-24?. The summed E-state index contributed by atoms with van der Waals surface area (Å²) in [6.07, 6.45) is -1.40. The van der Waals surface area contributed by atoms with Gasteiger partial charge in [0.05, 0.1) is 23.5 Å². The maximum Gasteiger partial charge on any atom is 0.420 e. The summed E-state index contributed by atoms with van der Waals surface area (Å²) < 4.78 is 39.5. The Bertz CT molecular complexity index is 839. The normalized spacial score (nSPS) is 17.3. The van der Waals surface area contributed by atoms with Crippen molar-refractivity contribution in [3.05, 3.63) is 64.9 Å². The van der Waals surface area contributed by atoms with Crippen molar-refractivity contribution in [2.75, 3.05) is 0 Å². The van der Waals surface area contributed by atoms with Crippen LogP contribution in [0.4, 0.5) is 18.9 Å². The second-order valence-electron chi connectivity index (χ2n) is 6.70. The van der Waals surface area contributed by atoms with Crippen LogP contribution in [0.25, 0.3) is 0 Å². The van der Waals surface area contributed by atoms with E-state index in [0.29, 0.717) is 11.3 Å². The van der Waals surface area contributed by atoms with E-state index < -0.39 is 22.9 Å². The van der Waals surface area contributed by atoms with Gasteiger partial charge >= 0.3 is 6.18 Å². The van der Waals surface area contributed by atoms with E-state index in [0.717, 1.165) is 6.08 Å². The molecule has 2 rings (SSSR count). The number of alkyl halides is 3. The molecule has 0 bridgehead atoms. The highest BCUT2D eigenvalue weighted by Crippen LogP contribution is 2.38. The van der Waals surface area contributed by atoms with Gasteiger partial charge in [-0.1, -0.05) is 20.8 Å². The van der Waals surface area contributed by atoms with Crippen molar-refractivity contribution in [3.8, 4) is 6.07 Å². The number of hydrogen-bond donors (Lipinski definition) is 0. The molecule has 0 heterocycles. The summed E-state index contributed by atoms with van der Waals surface area (Å²) in [5.74, 6) is -1.02. The van der Waals surface area contributed by atoms with Crippen molar-refractivity contribution >= 4 is 11.5 Å². The molecular weight excluding hydrogens is 343 g/mol. The molecule has 1 aliphatic rings. The molecule has 0 N–H and O–H groups in total. The van der Waals surface area contributed by atoms with Gasteiger partial charge in [-0.2, -0.15) is 28.7 Å².